The van der Waals surface area contributed by atoms with Gasteiger partial charge in [-0.25, -0.2) is 9.67 Å². The third kappa shape index (κ3) is 3.45. The lowest BCUT2D eigenvalue weighted by Crippen LogP contribution is -2.41. The van der Waals surface area contributed by atoms with Crippen LogP contribution in [0.3, 0.4) is 0 Å². The summed E-state index contributed by atoms with van der Waals surface area (Å²) in [7, 11) is 0. The van der Waals surface area contributed by atoms with E-state index in [4.69, 9.17) is 0 Å². The summed E-state index contributed by atoms with van der Waals surface area (Å²) >= 11 is 0. The van der Waals surface area contributed by atoms with Crippen LogP contribution in [0, 0.1) is 0 Å². The molecule has 0 bridgehead atoms. The van der Waals surface area contributed by atoms with E-state index >= 15 is 0 Å². The second-order valence-corrected chi connectivity index (χ2v) is 5.33. The molecular weight excluding hydrogens is 266 g/mol. The molecule has 0 radical (unpaired) electrons. The molecule has 6 heteroatoms. The number of hydrogen-bond acceptors (Lipinski definition) is 4. The van der Waals surface area contributed by atoms with Crippen molar-refractivity contribution in [1.29, 1.82) is 0 Å². The van der Waals surface area contributed by atoms with Gasteiger partial charge in [0.2, 0.25) is 5.91 Å². The van der Waals surface area contributed by atoms with Crippen molar-refractivity contribution in [3.63, 3.8) is 0 Å². The molecule has 6 nitrogen and oxygen atoms in total. The van der Waals surface area contributed by atoms with Gasteiger partial charge in [0.15, 0.2) is 0 Å². The first-order valence-corrected chi connectivity index (χ1v) is 7.35. The zero-order chi connectivity index (χ0) is 14.5. The molecule has 0 aromatic carbocycles. The largest absolute Gasteiger partial charge is 0.341 e. The number of rotatable bonds is 4. The minimum absolute atomic E-state index is 0.200. The normalized spacial score (nSPS) is 18.7. The molecular formula is C15H19N5O. The summed E-state index contributed by atoms with van der Waals surface area (Å²) in [5, 5.41) is 4.18. The summed E-state index contributed by atoms with van der Waals surface area (Å²) < 4.78 is 1.86. The molecule has 0 spiro atoms. The van der Waals surface area contributed by atoms with Crippen LogP contribution >= 0.6 is 0 Å². The monoisotopic (exact) mass is 285 g/mol. The number of amides is 1. The van der Waals surface area contributed by atoms with Crippen molar-refractivity contribution in [1.82, 2.24) is 24.6 Å². The van der Waals surface area contributed by atoms with Crippen LogP contribution in [0.2, 0.25) is 0 Å². The third-order valence-corrected chi connectivity index (χ3v) is 3.88. The van der Waals surface area contributed by atoms with Crippen LogP contribution < -0.4 is 0 Å². The lowest BCUT2D eigenvalue weighted by Gasteiger charge is -2.32. The van der Waals surface area contributed by atoms with E-state index in [2.05, 4.69) is 15.1 Å². The number of carbonyl (C=O) groups is 1. The van der Waals surface area contributed by atoms with Gasteiger partial charge in [-0.3, -0.25) is 9.78 Å². The number of hydrogen-bond donors (Lipinski definition) is 0. The Morgan fingerprint density at radius 3 is 3.10 bits per heavy atom. The van der Waals surface area contributed by atoms with Crippen LogP contribution in [0.1, 0.15) is 31.0 Å². The van der Waals surface area contributed by atoms with Gasteiger partial charge in [0.1, 0.15) is 12.7 Å². The first-order chi connectivity index (χ1) is 10.3. The SMILES string of the molecule is O=C(CCc1ccccn1)N1CCC[C@H](n2cncn2)C1. The predicted molar refractivity (Wildman–Crippen MR) is 77.4 cm³/mol. The fourth-order valence-electron chi connectivity index (χ4n) is 2.74. The summed E-state index contributed by atoms with van der Waals surface area (Å²) in [4.78, 5) is 22.5. The maximum absolute atomic E-state index is 12.3. The van der Waals surface area contributed by atoms with Gasteiger partial charge in [-0.15, -0.1) is 0 Å². The topological polar surface area (TPSA) is 63.9 Å². The number of pyridine rings is 1. The highest BCUT2D eigenvalue weighted by Gasteiger charge is 2.24. The van der Waals surface area contributed by atoms with Crippen LogP contribution in [-0.2, 0) is 11.2 Å². The van der Waals surface area contributed by atoms with Crippen LogP contribution in [-0.4, -0.2) is 43.6 Å². The minimum Gasteiger partial charge on any atom is -0.341 e. The van der Waals surface area contributed by atoms with E-state index in [0.29, 0.717) is 12.8 Å². The van der Waals surface area contributed by atoms with Crippen LogP contribution in [0.5, 0.6) is 0 Å². The average Bonchev–Trinajstić information content (AvgIpc) is 3.08. The third-order valence-electron chi connectivity index (χ3n) is 3.88. The zero-order valence-electron chi connectivity index (χ0n) is 11.9. The van der Waals surface area contributed by atoms with Crippen molar-refractivity contribution in [2.75, 3.05) is 13.1 Å². The van der Waals surface area contributed by atoms with E-state index in [9.17, 15) is 4.79 Å². The summed E-state index contributed by atoms with van der Waals surface area (Å²) in [5.41, 5.74) is 0.968. The van der Waals surface area contributed by atoms with Gasteiger partial charge in [-0.1, -0.05) is 6.07 Å². The predicted octanol–water partition coefficient (Wildman–Crippen LogP) is 1.47. The zero-order valence-corrected chi connectivity index (χ0v) is 11.9. The second-order valence-electron chi connectivity index (χ2n) is 5.33. The Labute approximate surface area is 123 Å². The molecule has 1 atom stereocenters. The lowest BCUT2D eigenvalue weighted by molar-refractivity contribution is -0.132. The van der Waals surface area contributed by atoms with E-state index in [1.807, 2.05) is 27.8 Å². The van der Waals surface area contributed by atoms with Crippen molar-refractivity contribution in [3.8, 4) is 0 Å². The Morgan fingerprint density at radius 2 is 2.33 bits per heavy atom. The van der Waals surface area contributed by atoms with Gasteiger partial charge >= 0.3 is 0 Å². The Morgan fingerprint density at radius 1 is 1.38 bits per heavy atom. The molecule has 0 saturated carbocycles. The number of carbonyl (C=O) groups excluding carboxylic acids is 1. The number of aryl methyl sites for hydroxylation is 1. The fourth-order valence-corrected chi connectivity index (χ4v) is 2.74. The fraction of sp³-hybridized carbons (Fsp3) is 0.467. The van der Waals surface area contributed by atoms with Crippen molar-refractivity contribution in [3.05, 3.63) is 42.7 Å². The van der Waals surface area contributed by atoms with Crippen LogP contribution in [0.4, 0.5) is 0 Å². The first kappa shape index (κ1) is 13.7. The highest BCUT2D eigenvalue weighted by Crippen LogP contribution is 2.21. The molecule has 1 aliphatic heterocycles. The molecule has 0 aliphatic carbocycles. The average molecular weight is 285 g/mol. The molecule has 0 N–H and O–H groups in total. The minimum atomic E-state index is 0.200. The molecule has 0 unspecified atom stereocenters. The second kappa shape index (κ2) is 6.47. The van der Waals surface area contributed by atoms with Crippen molar-refractivity contribution >= 4 is 5.91 Å². The van der Waals surface area contributed by atoms with Gasteiger partial charge < -0.3 is 4.90 Å². The van der Waals surface area contributed by atoms with E-state index in [-0.39, 0.29) is 11.9 Å². The summed E-state index contributed by atoms with van der Waals surface area (Å²) in [6, 6.07) is 6.05. The van der Waals surface area contributed by atoms with Crippen molar-refractivity contribution < 1.29 is 4.79 Å². The highest BCUT2D eigenvalue weighted by atomic mass is 16.2. The van der Waals surface area contributed by atoms with Crippen molar-refractivity contribution in [2.45, 2.75) is 31.7 Å². The molecule has 2 aromatic rings. The Kier molecular flexibility index (Phi) is 4.23. The van der Waals surface area contributed by atoms with Gasteiger partial charge in [0.25, 0.3) is 0 Å². The summed E-state index contributed by atoms with van der Waals surface area (Å²) in [6.45, 7) is 1.57. The summed E-state index contributed by atoms with van der Waals surface area (Å²) in [6.07, 6.45) is 8.31. The maximum Gasteiger partial charge on any atom is 0.223 e. The standard InChI is InChI=1S/C15H19N5O/c21-15(7-6-13-4-1-2-8-17-13)19-9-3-5-14(10-19)20-12-16-11-18-20/h1-2,4,8,11-12,14H,3,5-7,9-10H2/t14-/m0/s1. The number of nitrogens with zero attached hydrogens (tertiary/aromatic N) is 5. The van der Waals surface area contributed by atoms with Gasteiger partial charge in [0.05, 0.1) is 6.04 Å². The maximum atomic E-state index is 12.3. The van der Waals surface area contributed by atoms with Gasteiger partial charge in [-0.05, 0) is 31.4 Å². The van der Waals surface area contributed by atoms with Gasteiger partial charge in [0, 0.05) is 31.4 Å². The summed E-state index contributed by atoms with van der Waals surface area (Å²) in [5.74, 6) is 0.200. The van der Waals surface area contributed by atoms with Crippen LogP contribution in [0.15, 0.2) is 37.1 Å². The molecule has 3 rings (SSSR count). The Balaban J connectivity index is 1.55. The molecule has 3 heterocycles. The van der Waals surface area contributed by atoms with E-state index in [1.165, 1.54) is 0 Å². The molecule has 1 amide bonds. The van der Waals surface area contributed by atoms with Crippen LogP contribution in [0.25, 0.3) is 0 Å². The Hall–Kier alpha value is -2.24. The van der Waals surface area contributed by atoms with Crippen molar-refractivity contribution in [2.24, 2.45) is 0 Å². The Bertz CT molecular complexity index is 569. The number of piperidine rings is 1. The van der Waals surface area contributed by atoms with E-state index in [1.54, 1.807) is 18.9 Å². The molecule has 110 valence electrons. The quantitative estimate of drug-likeness (QED) is 0.853. The van der Waals surface area contributed by atoms with E-state index < -0.39 is 0 Å². The smallest absolute Gasteiger partial charge is 0.223 e. The lowest BCUT2D eigenvalue weighted by atomic mass is 10.1. The molecule has 1 saturated heterocycles. The molecule has 21 heavy (non-hydrogen) atoms. The number of likely N-dealkylation sites (tertiary alicyclic amines) is 1. The van der Waals surface area contributed by atoms with Gasteiger partial charge in [-0.2, -0.15) is 5.10 Å². The molecule has 1 aliphatic rings. The molecule has 2 aromatic heterocycles. The molecule has 1 fully saturated rings. The number of aromatic nitrogens is 4. The van der Waals surface area contributed by atoms with E-state index in [0.717, 1.165) is 31.6 Å². The first-order valence-electron chi connectivity index (χ1n) is 7.35. The highest BCUT2D eigenvalue weighted by molar-refractivity contribution is 5.76.